The molecule has 0 amide bonds. The Hall–Kier alpha value is 0.779. The van der Waals surface area contributed by atoms with Crippen LogP contribution < -0.4 is 0 Å². The van der Waals surface area contributed by atoms with Crippen LogP contribution in [0.5, 0.6) is 0 Å². The summed E-state index contributed by atoms with van der Waals surface area (Å²) in [5, 5.41) is 0. The predicted octanol–water partition coefficient (Wildman–Crippen LogP) is -2.68. The van der Waals surface area contributed by atoms with Gasteiger partial charge in [0.05, 0.1) is 0 Å². The minimum absolute atomic E-state index is 0. The molecule has 0 aromatic rings. The standard InChI is InChI=1S/Cu.Mn.2H2O4S/c;;2*1-5(2,3)4/h;;2*(H2,1,2,3,4)/q+1;+2;;/p-4. The quantitative estimate of drug-likeness (QED) is 0.265. The molecule has 0 heterocycles. The molecule has 0 N–H and O–H groups in total. The van der Waals surface area contributed by atoms with Crippen LogP contribution in [0, 0.1) is 0 Å². The molecule has 0 aliphatic heterocycles. The molecule has 0 aliphatic carbocycles. The molecule has 0 spiro atoms. The van der Waals surface area contributed by atoms with Crippen LogP contribution in [0.25, 0.3) is 0 Å². The Balaban J connectivity index is -0.0000000457. The van der Waals surface area contributed by atoms with Gasteiger partial charge in [0.2, 0.25) is 0 Å². The molecule has 0 saturated heterocycles. The number of hydrogen-bond donors (Lipinski definition) is 0. The van der Waals surface area contributed by atoms with Crippen molar-refractivity contribution in [2.24, 2.45) is 0 Å². The Morgan fingerprint density at radius 1 is 0.667 bits per heavy atom. The van der Waals surface area contributed by atoms with Gasteiger partial charge in [-0.25, -0.2) is 0 Å². The summed E-state index contributed by atoms with van der Waals surface area (Å²) in [6, 6.07) is 0. The molecular formula is CuMnO8S2-. The molecule has 8 nitrogen and oxygen atoms in total. The smallest absolute Gasteiger partial charge is 0.759 e. The van der Waals surface area contributed by atoms with Crippen LogP contribution in [0.3, 0.4) is 0 Å². The first-order chi connectivity index (χ1) is 4.00. The fourth-order valence-corrected chi connectivity index (χ4v) is 0. The summed E-state index contributed by atoms with van der Waals surface area (Å²) in [6.45, 7) is 0. The molecule has 0 fully saturated rings. The predicted molar refractivity (Wildman–Crippen MR) is 20.9 cm³/mol. The van der Waals surface area contributed by atoms with Crippen molar-refractivity contribution in [2.75, 3.05) is 0 Å². The van der Waals surface area contributed by atoms with Crippen LogP contribution in [0.1, 0.15) is 0 Å². The fourth-order valence-electron chi connectivity index (χ4n) is 0. The molecule has 0 atom stereocenters. The Labute approximate surface area is 89.8 Å². The van der Waals surface area contributed by atoms with E-state index in [1.807, 2.05) is 0 Å². The van der Waals surface area contributed by atoms with Gasteiger partial charge < -0.3 is 18.2 Å². The average molecular weight is 311 g/mol. The van der Waals surface area contributed by atoms with Crippen LogP contribution in [-0.4, -0.2) is 35.0 Å². The minimum atomic E-state index is -5.17. The van der Waals surface area contributed by atoms with Crippen LogP contribution in [0.4, 0.5) is 0 Å². The minimum Gasteiger partial charge on any atom is -0.759 e. The Bertz CT molecular complexity index is 213. The Kier molecular flexibility index (Phi) is 16.1. The first-order valence-electron chi connectivity index (χ1n) is 1.33. The van der Waals surface area contributed by atoms with Gasteiger partial charge in [0.1, 0.15) is 0 Å². The summed E-state index contributed by atoms with van der Waals surface area (Å²) < 4.78 is 68.2. The average Bonchev–Trinajstić information content (AvgIpc) is 1.12. The summed E-state index contributed by atoms with van der Waals surface area (Å²) in [4.78, 5) is 0. The van der Waals surface area contributed by atoms with E-state index in [1.54, 1.807) is 0 Å². The second-order valence-corrected chi connectivity index (χ2v) is 2.45. The van der Waals surface area contributed by atoms with Crippen molar-refractivity contribution < 1.29 is 69.2 Å². The summed E-state index contributed by atoms with van der Waals surface area (Å²) in [6.07, 6.45) is 0. The van der Waals surface area contributed by atoms with Crippen LogP contribution in [0.15, 0.2) is 0 Å². The van der Waals surface area contributed by atoms with E-state index in [2.05, 4.69) is 0 Å². The molecule has 12 heteroatoms. The summed E-state index contributed by atoms with van der Waals surface area (Å²) in [7, 11) is -10.3. The van der Waals surface area contributed by atoms with Gasteiger partial charge in [0.25, 0.3) is 0 Å². The molecule has 0 aromatic carbocycles. The Morgan fingerprint density at radius 3 is 0.667 bits per heavy atom. The van der Waals surface area contributed by atoms with E-state index in [-0.39, 0.29) is 34.1 Å². The molecule has 12 heavy (non-hydrogen) atoms. The van der Waals surface area contributed by atoms with Gasteiger partial charge in [-0.05, 0) is 0 Å². The molecule has 0 bridgehead atoms. The van der Waals surface area contributed by atoms with Crippen molar-refractivity contribution in [3.8, 4) is 0 Å². The molecule has 79 valence electrons. The molecule has 0 rings (SSSR count). The molecule has 0 aliphatic rings. The van der Waals surface area contributed by atoms with Crippen molar-refractivity contribution in [2.45, 2.75) is 0 Å². The second-order valence-electron chi connectivity index (χ2n) is 0.816. The maximum absolute atomic E-state index is 8.52. The summed E-state index contributed by atoms with van der Waals surface area (Å²) >= 11 is 0. The SMILES string of the molecule is O=S(=O)([O-])[O-].O=S(=O)([O-])[O-].[Cu+].[Mn+2]. The third-order valence-corrected chi connectivity index (χ3v) is 0. The number of rotatable bonds is 0. The maximum atomic E-state index is 8.52. The van der Waals surface area contributed by atoms with Gasteiger partial charge in [-0.1, -0.05) is 0 Å². The summed E-state index contributed by atoms with van der Waals surface area (Å²) in [5.41, 5.74) is 0. The van der Waals surface area contributed by atoms with Crippen molar-refractivity contribution >= 4 is 20.8 Å². The second kappa shape index (κ2) is 8.38. The van der Waals surface area contributed by atoms with Crippen molar-refractivity contribution in [3.05, 3.63) is 0 Å². The van der Waals surface area contributed by atoms with E-state index < -0.39 is 20.8 Å². The van der Waals surface area contributed by atoms with Crippen molar-refractivity contribution in [1.29, 1.82) is 0 Å². The number of hydrogen-bond acceptors (Lipinski definition) is 8. The van der Waals surface area contributed by atoms with Crippen LogP contribution in [-0.2, 0) is 54.9 Å². The molecule has 1 radical (unpaired) electrons. The van der Waals surface area contributed by atoms with Crippen LogP contribution in [0.2, 0.25) is 0 Å². The molecule has 0 unspecified atom stereocenters. The topological polar surface area (TPSA) is 161 Å². The zero-order chi connectivity index (χ0) is 9.00. The Morgan fingerprint density at radius 2 is 0.667 bits per heavy atom. The van der Waals surface area contributed by atoms with E-state index in [1.165, 1.54) is 0 Å². The third kappa shape index (κ3) is 1700. The van der Waals surface area contributed by atoms with Crippen LogP contribution >= 0.6 is 0 Å². The zero-order valence-corrected chi connectivity index (χ0v) is 8.52. The van der Waals surface area contributed by atoms with Gasteiger partial charge in [-0.15, -0.1) is 0 Å². The maximum Gasteiger partial charge on any atom is 2.00 e. The fraction of sp³-hybridized carbons (Fsp3) is 0. The first-order valence-corrected chi connectivity index (χ1v) is 4.00. The largest absolute Gasteiger partial charge is 2.00 e. The van der Waals surface area contributed by atoms with Gasteiger partial charge in [0, 0.05) is 20.8 Å². The zero-order valence-electron chi connectivity index (χ0n) is 4.76. The van der Waals surface area contributed by atoms with E-state index in [4.69, 9.17) is 35.0 Å². The van der Waals surface area contributed by atoms with E-state index in [0.717, 1.165) is 0 Å². The first kappa shape index (κ1) is 23.0. The van der Waals surface area contributed by atoms with Gasteiger partial charge in [-0.2, -0.15) is 0 Å². The van der Waals surface area contributed by atoms with Gasteiger partial charge >= 0.3 is 34.1 Å². The van der Waals surface area contributed by atoms with E-state index in [0.29, 0.717) is 0 Å². The molecular weight excluding hydrogens is 311 g/mol. The monoisotopic (exact) mass is 310 g/mol. The normalized spacial score (nSPS) is 9.67. The van der Waals surface area contributed by atoms with E-state index in [9.17, 15) is 0 Å². The summed E-state index contributed by atoms with van der Waals surface area (Å²) in [5.74, 6) is 0. The van der Waals surface area contributed by atoms with Crippen molar-refractivity contribution in [3.63, 3.8) is 0 Å². The van der Waals surface area contributed by atoms with Crippen molar-refractivity contribution in [1.82, 2.24) is 0 Å². The van der Waals surface area contributed by atoms with Gasteiger partial charge in [0.15, 0.2) is 0 Å². The van der Waals surface area contributed by atoms with E-state index >= 15 is 0 Å². The third-order valence-electron chi connectivity index (χ3n) is 0. The molecule has 0 saturated carbocycles. The molecule has 0 aromatic heterocycles. The van der Waals surface area contributed by atoms with Gasteiger partial charge in [-0.3, -0.25) is 16.8 Å².